The van der Waals surface area contributed by atoms with Crippen LogP contribution in [0.2, 0.25) is 0 Å². The maximum absolute atomic E-state index is 2.40. The molecule has 0 spiro atoms. The number of hydrogen-bond donors (Lipinski definition) is 0. The van der Waals surface area contributed by atoms with Crippen LogP contribution < -0.4 is 0 Å². The fourth-order valence-corrected chi connectivity index (χ4v) is 1.94. The molecule has 0 N–H and O–H groups in total. The third kappa shape index (κ3) is 4.09. The molecule has 1 aromatic rings. The molecule has 1 rings (SSSR count). The van der Waals surface area contributed by atoms with Crippen LogP contribution in [0.15, 0.2) is 24.3 Å². The van der Waals surface area contributed by atoms with Gasteiger partial charge in [-0.25, -0.2) is 0 Å². The molecule has 0 amide bonds. The first-order chi connectivity index (χ1) is 6.20. The van der Waals surface area contributed by atoms with Crippen LogP contribution in [0.25, 0.3) is 0 Å². The van der Waals surface area contributed by atoms with Crippen LogP contribution in [0, 0.1) is 3.57 Å². The molecule has 72 valence electrons. The highest BCUT2D eigenvalue weighted by molar-refractivity contribution is 14.1. The highest BCUT2D eigenvalue weighted by atomic mass is 127. The van der Waals surface area contributed by atoms with E-state index in [1.165, 1.54) is 28.5 Å². The molecule has 0 radical (unpaired) electrons. The van der Waals surface area contributed by atoms with Gasteiger partial charge in [0, 0.05) is 3.57 Å². The molecule has 0 saturated heterocycles. The van der Waals surface area contributed by atoms with Crippen molar-refractivity contribution >= 4 is 22.6 Å². The summed E-state index contributed by atoms with van der Waals surface area (Å²) >= 11 is 2.40. The van der Waals surface area contributed by atoms with E-state index in [1.54, 1.807) is 0 Å². The SMILES string of the molecule is CN(C)CCCc1ccccc1I. The van der Waals surface area contributed by atoms with Crippen LogP contribution in [0.1, 0.15) is 12.0 Å². The summed E-state index contributed by atoms with van der Waals surface area (Å²) in [5, 5.41) is 0. The zero-order valence-corrected chi connectivity index (χ0v) is 10.4. The molecule has 0 saturated carbocycles. The monoisotopic (exact) mass is 289 g/mol. The minimum absolute atomic E-state index is 1.17. The van der Waals surface area contributed by atoms with Crippen LogP contribution in [0.4, 0.5) is 0 Å². The summed E-state index contributed by atoms with van der Waals surface area (Å²) in [4.78, 5) is 2.23. The second-order valence-electron chi connectivity index (χ2n) is 3.50. The normalized spacial score (nSPS) is 10.8. The highest BCUT2D eigenvalue weighted by Crippen LogP contribution is 2.13. The minimum atomic E-state index is 1.17. The van der Waals surface area contributed by atoms with Crippen molar-refractivity contribution in [3.63, 3.8) is 0 Å². The minimum Gasteiger partial charge on any atom is -0.309 e. The van der Waals surface area contributed by atoms with Crippen molar-refractivity contribution in [2.75, 3.05) is 20.6 Å². The molecule has 2 heteroatoms. The van der Waals surface area contributed by atoms with Crippen LogP contribution in [0.5, 0.6) is 0 Å². The summed E-state index contributed by atoms with van der Waals surface area (Å²) in [6.45, 7) is 1.17. The number of hydrogen-bond acceptors (Lipinski definition) is 1. The Hall–Kier alpha value is -0.0900. The first-order valence-corrected chi connectivity index (χ1v) is 5.66. The third-order valence-electron chi connectivity index (χ3n) is 2.01. The van der Waals surface area contributed by atoms with Crippen LogP contribution in [-0.2, 0) is 6.42 Å². The number of halogens is 1. The van der Waals surface area contributed by atoms with Crippen LogP contribution in [0.3, 0.4) is 0 Å². The summed E-state index contributed by atoms with van der Waals surface area (Å²) in [7, 11) is 4.24. The predicted octanol–water partition coefficient (Wildman–Crippen LogP) is 2.79. The Morgan fingerprint density at radius 3 is 2.54 bits per heavy atom. The van der Waals surface area contributed by atoms with Crippen LogP contribution in [-0.4, -0.2) is 25.5 Å². The van der Waals surface area contributed by atoms with Crippen LogP contribution >= 0.6 is 22.6 Å². The van der Waals surface area contributed by atoms with Crippen molar-refractivity contribution in [3.05, 3.63) is 33.4 Å². The van der Waals surface area contributed by atoms with E-state index in [1.807, 2.05) is 0 Å². The Bertz CT molecular complexity index is 258. The van der Waals surface area contributed by atoms with Gasteiger partial charge < -0.3 is 4.90 Å². The Labute approximate surface area is 94.3 Å². The maximum atomic E-state index is 2.40. The number of aryl methyl sites for hydroxylation is 1. The van der Waals surface area contributed by atoms with Gasteiger partial charge in [0.1, 0.15) is 0 Å². The quantitative estimate of drug-likeness (QED) is 0.770. The molecule has 0 aliphatic rings. The lowest BCUT2D eigenvalue weighted by Crippen LogP contribution is -2.13. The second-order valence-corrected chi connectivity index (χ2v) is 4.66. The van der Waals surface area contributed by atoms with Crippen molar-refractivity contribution in [2.45, 2.75) is 12.8 Å². The van der Waals surface area contributed by atoms with Gasteiger partial charge in [-0.2, -0.15) is 0 Å². The van der Waals surface area contributed by atoms with Crippen molar-refractivity contribution in [2.24, 2.45) is 0 Å². The van der Waals surface area contributed by atoms with Crippen molar-refractivity contribution in [1.29, 1.82) is 0 Å². The summed E-state index contributed by atoms with van der Waals surface area (Å²) in [6, 6.07) is 8.60. The molecule has 0 fully saturated rings. The highest BCUT2D eigenvalue weighted by Gasteiger charge is 1.98. The van der Waals surface area contributed by atoms with Gasteiger partial charge in [0.15, 0.2) is 0 Å². The molecule has 0 aliphatic heterocycles. The van der Waals surface area contributed by atoms with E-state index in [2.05, 4.69) is 65.9 Å². The largest absolute Gasteiger partial charge is 0.309 e. The summed E-state index contributed by atoms with van der Waals surface area (Å²) in [5.41, 5.74) is 1.48. The van der Waals surface area contributed by atoms with Crippen molar-refractivity contribution < 1.29 is 0 Å². The molecule has 0 heterocycles. The lowest BCUT2D eigenvalue weighted by Gasteiger charge is -2.09. The van der Waals surface area contributed by atoms with E-state index in [0.717, 1.165) is 0 Å². The molecular weight excluding hydrogens is 273 g/mol. The molecule has 0 atom stereocenters. The number of rotatable bonds is 4. The topological polar surface area (TPSA) is 3.24 Å². The Morgan fingerprint density at radius 1 is 1.23 bits per heavy atom. The fraction of sp³-hybridized carbons (Fsp3) is 0.455. The Balaban J connectivity index is 2.41. The Kier molecular flexibility index (Phi) is 4.73. The van der Waals surface area contributed by atoms with Gasteiger partial charge in [-0.3, -0.25) is 0 Å². The van der Waals surface area contributed by atoms with Crippen molar-refractivity contribution in [1.82, 2.24) is 4.90 Å². The van der Waals surface area contributed by atoms with Gasteiger partial charge in [0.05, 0.1) is 0 Å². The van der Waals surface area contributed by atoms with Gasteiger partial charge in [0.2, 0.25) is 0 Å². The van der Waals surface area contributed by atoms with E-state index in [9.17, 15) is 0 Å². The first-order valence-electron chi connectivity index (χ1n) is 4.58. The van der Waals surface area contributed by atoms with E-state index < -0.39 is 0 Å². The molecule has 0 bridgehead atoms. The van der Waals surface area contributed by atoms with E-state index >= 15 is 0 Å². The number of nitrogens with zero attached hydrogens (tertiary/aromatic N) is 1. The van der Waals surface area contributed by atoms with Crippen molar-refractivity contribution in [3.8, 4) is 0 Å². The van der Waals surface area contributed by atoms with Gasteiger partial charge >= 0.3 is 0 Å². The number of benzene rings is 1. The average molecular weight is 289 g/mol. The summed E-state index contributed by atoms with van der Waals surface area (Å²) in [6.07, 6.45) is 2.43. The Morgan fingerprint density at radius 2 is 1.92 bits per heavy atom. The molecule has 1 aromatic carbocycles. The van der Waals surface area contributed by atoms with E-state index in [4.69, 9.17) is 0 Å². The molecular formula is C11H16IN. The summed E-state index contributed by atoms with van der Waals surface area (Å²) < 4.78 is 1.39. The van der Waals surface area contributed by atoms with Gasteiger partial charge in [-0.15, -0.1) is 0 Å². The molecule has 0 aromatic heterocycles. The zero-order chi connectivity index (χ0) is 9.68. The lowest BCUT2D eigenvalue weighted by atomic mass is 10.1. The van der Waals surface area contributed by atoms with Gasteiger partial charge in [0.25, 0.3) is 0 Å². The first kappa shape index (κ1) is 11.0. The zero-order valence-electron chi connectivity index (χ0n) is 8.26. The lowest BCUT2D eigenvalue weighted by molar-refractivity contribution is 0.400. The van der Waals surface area contributed by atoms with Gasteiger partial charge in [-0.1, -0.05) is 18.2 Å². The van der Waals surface area contributed by atoms with E-state index in [0.29, 0.717) is 0 Å². The molecule has 13 heavy (non-hydrogen) atoms. The summed E-state index contributed by atoms with van der Waals surface area (Å²) in [5.74, 6) is 0. The maximum Gasteiger partial charge on any atom is 0.0162 e. The predicted molar refractivity (Wildman–Crippen MR) is 66.0 cm³/mol. The second kappa shape index (κ2) is 5.60. The third-order valence-corrected chi connectivity index (χ3v) is 3.06. The fourth-order valence-electron chi connectivity index (χ4n) is 1.29. The molecule has 1 nitrogen and oxygen atoms in total. The molecule has 0 unspecified atom stereocenters. The van der Waals surface area contributed by atoms with Gasteiger partial charge in [-0.05, 0) is 67.7 Å². The van der Waals surface area contributed by atoms with E-state index in [-0.39, 0.29) is 0 Å². The average Bonchev–Trinajstić information content (AvgIpc) is 2.08. The standard InChI is InChI=1S/C11H16IN/c1-13(2)9-5-7-10-6-3-4-8-11(10)12/h3-4,6,8H,5,7,9H2,1-2H3. The molecule has 0 aliphatic carbocycles. The smallest absolute Gasteiger partial charge is 0.0162 e.